The maximum absolute atomic E-state index is 13.1. The van der Waals surface area contributed by atoms with Gasteiger partial charge in [-0.25, -0.2) is 4.98 Å². The van der Waals surface area contributed by atoms with Gasteiger partial charge in [0.05, 0.1) is 5.56 Å². The zero-order valence-electron chi connectivity index (χ0n) is 11.0. The van der Waals surface area contributed by atoms with Gasteiger partial charge in [-0.15, -0.1) is 0 Å². The van der Waals surface area contributed by atoms with Crippen molar-refractivity contribution >= 4 is 11.8 Å². The van der Waals surface area contributed by atoms with E-state index in [1.807, 2.05) is 0 Å². The Kier molecular flexibility index (Phi) is 4.38. The van der Waals surface area contributed by atoms with Gasteiger partial charge < -0.3 is 10.7 Å². The Morgan fingerprint density at radius 2 is 2.05 bits per heavy atom. The molecule has 4 nitrogen and oxygen atoms in total. The summed E-state index contributed by atoms with van der Waals surface area (Å²) in [5.41, 5.74) is 5.00. The Bertz CT molecular complexity index is 713. The SMILES string of the molecule is Cc1cc(=O)[nH]c(Sc2ccc(CN)cc2C(F)(F)F)n1. The lowest BCUT2D eigenvalue weighted by molar-refractivity contribution is -0.139. The fourth-order valence-corrected chi connectivity index (χ4v) is 2.69. The first-order valence-corrected chi connectivity index (χ1v) is 6.77. The molecule has 0 amide bonds. The average molecular weight is 315 g/mol. The predicted octanol–water partition coefficient (Wildman–Crippen LogP) is 2.71. The molecule has 21 heavy (non-hydrogen) atoms. The Morgan fingerprint density at radius 3 is 2.62 bits per heavy atom. The number of aryl methyl sites for hydroxylation is 1. The number of aromatic amines is 1. The van der Waals surface area contributed by atoms with Gasteiger partial charge in [0.25, 0.3) is 5.56 Å². The number of halogens is 3. The monoisotopic (exact) mass is 315 g/mol. The van der Waals surface area contributed by atoms with Crippen molar-refractivity contribution in [2.45, 2.75) is 29.7 Å². The molecule has 0 fully saturated rings. The van der Waals surface area contributed by atoms with Crippen LogP contribution in [0.5, 0.6) is 0 Å². The summed E-state index contributed by atoms with van der Waals surface area (Å²) < 4.78 is 39.2. The van der Waals surface area contributed by atoms with Crippen LogP contribution >= 0.6 is 11.8 Å². The van der Waals surface area contributed by atoms with Crippen LogP contribution in [0.4, 0.5) is 13.2 Å². The number of alkyl halides is 3. The third-order valence-electron chi connectivity index (χ3n) is 2.64. The van der Waals surface area contributed by atoms with Gasteiger partial charge in [0.1, 0.15) is 0 Å². The third-order valence-corrected chi connectivity index (χ3v) is 3.60. The van der Waals surface area contributed by atoms with E-state index in [9.17, 15) is 18.0 Å². The minimum atomic E-state index is -4.50. The molecule has 3 N–H and O–H groups in total. The molecule has 0 spiro atoms. The van der Waals surface area contributed by atoms with Crippen LogP contribution in [-0.4, -0.2) is 9.97 Å². The van der Waals surface area contributed by atoms with Crippen LogP contribution in [0.1, 0.15) is 16.8 Å². The standard InChI is InChI=1S/C13H12F3N3OS/c1-7-4-11(20)19-12(18-7)21-10-3-2-8(6-17)5-9(10)13(14,15)16/h2-5H,6,17H2,1H3,(H,18,19,20). The van der Waals surface area contributed by atoms with Crippen LogP contribution in [-0.2, 0) is 12.7 Å². The van der Waals surface area contributed by atoms with Crippen LogP contribution in [0, 0.1) is 6.92 Å². The topological polar surface area (TPSA) is 71.8 Å². The molecule has 0 atom stereocenters. The van der Waals surface area contributed by atoms with Gasteiger partial charge in [-0.2, -0.15) is 13.2 Å². The number of nitrogens with one attached hydrogen (secondary N) is 1. The largest absolute Gasteiger partial charge is 0.417 e. The molecule has 0 bridgehead atoms. The van der Waals surface area contributed by atoms with Gasteiger partial charge in [-0.3, -0.25) is 4.79 Å². The quantitative estimate of drug-likeness (QED) is 0.854. The maximum Gasteiger partial charge on any atom is 0.417 e. The van der Waals surface area contributed by atoms with Crippen molar-refractivity contribution < 1.29 is 13.2 Å². The molecule has 0 aliphatic heterocycles. The molecular formula is C13H12F3N3OS. The van der Waals surface area contributed by atoms with Crippen molar-refractivity contribution in [3.63, 3.8) is 0 Å². The number of nitrogens with two attached hydrogens (primary N) is 1. The minimum Gasteiger partial charge on any atom is -0.326 e. The van der Waals surface area contributed by atoms with Crippen molar-refractivity contribution in [1.82, 2.24) is 9.97 Å². The van der Waals surface area contributed by atoms with Gasteiger partial charge in [0.15, 0.2) is 5.16 Å². The summed E-state index contributed by atoms with van der Waals surface area (Å²) in [6, 6.07) is 5.13. The summed E-state index contributed by atoms with van der Waals surface area (Å²) in [4.78, 5) is 17.7. The van der Waals surface area contributed by atoms with Crippen molar-refractivity contribution in [2.75, 3.05) is 0 Å². The summed E-state index contributed by atoms with van der Waals surface area (Å²) in [5, 5.41) is 0.117. The Hall–Kier alpha value is -1.80. The van der Waals surface area contributed by atoms with Crippen LogP contribution in [0.2, 0.25) is 0 Å². The van der Waals surface area contributed by atoms with Crippen molar-refractivity contribution in [3.05, 3.63) is 51.4 Å². The van der Waals surface area contributed by atoms with E-state index in [1.165, 1.54) is 18.2 Å². The van der Waals surface area contributed by atoms with E-state index in [1.54, 1.807) is 6.92 Å². The second-order valence-electron chi connectivity index (χ2n) is 4.33. The highest BCUT2D eigenvalue weighted by Gasteiger charge is 2.34. The zero-order chi connectivity index (χ0) is 15.6. The van der Waals surface area contributed by atoms with E-state index in [2.05, 4.69) is 9.97 Å². The van der Waals surface area contributed by atoms with E-state index >= 15 is 0 Å². The van der Waals surface area contributed by atoms with E-state index in [0.29, 0.717) is 11.3 Å². The van der Waals surface area contributed by atoms with Crippen LogP contribution in [0.25, 0.3) is 0 Å². The first-order chi connectivity index (χ1) is 9.79. The highest BCUT2D eigenvalue weighted by molar-refractivity contribution is 7.99. The molecule has 0 saturated heterocycles. The van der Waals surface area contributed by atoms with Gasteiger partial charge >= 0.3 is 6.18 Å². The first kappa shape index (κ1) is 15.6. The Balaban J connectivity index is 2.46. The smallest absolute Gasteiger partial charge is 0.326 e. The van der Waals surface area contributed by atoms with E-state index in [0.717, 1.165) is 17.8 Å². The van der Waals surface area contributed by atoms with Gasteiger partial charge in [-0.1, -0.05) is 17.8 Å². The Morgan fingerprint density at radius 1 is 1.33 bits per heavy atom. The summed E-state index contributed by atoms with van der Waals surface area (Å²) in [5.74, 6) is 0. The number of aromatic nitrogens is 2. The van der Waals surface area contributed by atoms with E-state index < -0.39 is 17.3 Å². The molecule has 2 rings (SSSR count). The number of hydrogen-bond donors (Lipinski definition) is 2. The van der Waals surface area contributed by atoms with Gasteiger partial charge in [0, 0.05) is 23.2 Å². The highest BCUT2D eigenvalue weighted by Crippen LogP contribution is 2.38. The van der Waals surface area contributed by atoms with Crippen LogP contribution in [0.3, 0.4) is 0 Å². The summed E-state index contributed by atoms with van der Waals surface area (Å²) >= 11 is 0.761. The van der Waals surface area contributed by atoms with Crippen LogP contribution < -0.4 is 11.3 Å². The fourth-order valence-electron chi connectivity index (χ4n) is 1.72. The second kappa shape index (κ2) is 5.90. The zero-order valence-corrected chi connectivity index (χ0v) is 11.8. The number of benzene rings is 1. The van der Waals surface area contributed by atoms with Gasteiger partial charge in [-0.05, 0) is 24.6 Å². The van der Waals surface area contributed by atoms with Crippen LogP contribution in [0.15, 0.2) is 39.1 Å². The molecule has 0 unspecified atom stereocenters. The fraction of sp³-hybridized carbons (Fsp3) is 0.231. The Labute approximate surface area is 122 Å². The number of nitrogens with zero attached hydrogens (tertiary/aromatic N) is 1. The first-order valence-electron chi connectivity index (χ1n) is 5.95. The molecule has 0 saturated carbocycles. The molecule has 8 heteroatoms. The van der Waals surface area contributed by atoms with E-state index in [4.69, 9.17) is 5.73 Å². The molecule has 2 aromatic rings. The predicted molar refractivity (Wildman–Crippen MR) is 73.1 cm³/mol. The molecule has 0 aliphatic rings. The minimum absolute atomic E-state index is 0.0214. The van der Waals surface area contributed by atoms with Crippen molar-refractivity contribution in [1.29, 1.82) is 0 Å². The van der Waals surface area contributed by atoms with Gasteiger partial charge in [0.2, 0.25) is 0 Å². The third kappa shape index (κ3) is 3.85. The maximum atomic E-state index is 13.1. The molecule has 1 aromatic heterocycles. The number of hydrogen-bond acceptors (Lipinski definition) is 4. The van der Waals surface area contributed by atoms with E-state index in [-0.39, 0.29) is 16.6 Å². The lowest BCUT2D eigenvalue weighted by Crippen LogP contribution is -2.11. The molecule has 112 valence electrons. The number of H-pyrrole nitrogens is 1. The molecule has 1 aromatic carbocycles. The molecular weight excluding hydrogens is 303 g/mol. The summed E-state index contributed by atoms with van der Waals surface area (Å²) in [6.45, 7) is 1.62. The lowest BCUT2D eigenvalue weighted by Gasteiger charge is -2.13. The molecule has 0 aliphatic carbocycles. The second-order valence-corrected chi connectivity index (χ2v) is 5.36. The average Bonchev–Trinajstić information content (AvgIpc) is 2.36. The summed E-state index contributed by atoms with van der Waals surface area (Å²) in [6.07, 6.45) is -4.50. The summed E-state index contributed by atoms with van der Waals surface area (Å²) in [7, 11) is 0. The van der Waals surface area contributed by atoms with Crippen molar-refractivity contribution in [3.8, 4) is 0 Å². The lowest BCUT2D eigenvalue weighted by atomic mass is 10.1. The number of rotatable bonds is 3. The normalized spacial score (nSPS) is 11.7. The molecule has 1 heterocycles. The molecule has 0 radical (unpaired) electrons. The van der Waals surface area contributed by atoms with Crippen molar-refractivity contribution in [2.24, 2.45) is 5.73 Å². The highest BCUT2D eigenvalue weighted by atomic mass is 32.2.